The molecule has 0 aliphatic heterocycles. The first-order chi connectivity index (χ1) is 7.12. The van der Waals surface area contributed by atoms with Crippen molar-refractivity contribution in [3.05, 3.63) is 12.7 Å². The highest BCUT2D eigenvalue weighted by Gasteiger charge is 1.95. The lowest BCUT2D eigenvalue weighted by Gasteiger charge is -1.98. The highest BCUT2D eigenvalue weighted by atomic mass is 16.5. The van der Waals surface area contributed by atoms with Crippen LogP contribution >= 0.6 is 0 Å². The topological polar surface area (TPSA) is 64.6 Å². The molecule has 5 nitrogen and oxygen atoms in total. The lowest BCUT2D eigenvalue weighted by molar-refractivity contribution is -0.140. The minimum atomic E-state index is -0.394. The summed E-state index contributed by atoms with van der Waals surface area (Å²) in [6.45, 7) is 6.77. The van der Waals surface area contributed by atoms with E-state index in [0.717, 1.165) is 12.6 Å². The van der Waals surface area contributed by atoms with Gasteiger partial charge in [0.2, 0.25) is 0 Å². The van der Waals surface area contributed by atoms with Crippen molar-refractivity contribution in [1.82, 2.24) is 5.32 Å². The molecule has 0 saturated carbocycles. The Bertz CT molecular complexity index is 192. The van der Waals surface area contributed by atoms with Gasteiger partial charge in [0.25, 0.3) is 0 Å². The molecule has 0 spiro atoms. The van der Waals surface area contributed by atoms with Crippen molar-refractivity contribution >= 4 is 11.9 Å². The zero-order chi connectivity index (χ0) is 12.1. The van der Waals surface area contributed by atoms with E-state index in [1.807, 2.05) is 6.92 Å². The molecule has 0 heterocycles. The number of hydrogen-bond acceptors (Lipinski definition) is 5. The summed E-state index contributed by atoms with van der Waals surface area (Å²) >= 11 is 0. The monoisotopic (exact) mass is 217 g/mol. The third-order valence-corrected chi connectivity index (χ3v) is 1.35. The van der Waals surface area contributed by atoms with Gasteiger partial charge in [-0.1, -0.05) is 13.5 Å². The normalized spacial score (nSPS) is 8.20. The molecule has 0 amide bonds. The molecule has 0 aromatic heterocycles. The molecule has 0 fully saturated rings. The Morgan fingerprint density at radius 1 is 1.33 bits per heavy atom. The van der Waals surface area contributed by atoms with E-state index in [1.165, 1.54) is 14.2 Å². The zero-order valence-corrected chi connectivity index (χ0v) is 9.54. The summed E-state index contributed by atoms with van der Waals surface area (Å²) in [4.78, 5) is 20.3. The number of carbonyl (C=O) groups excluding carboxylic acids is 2. The molecule has 1 N–H and O–H groups in total. The summed E-state index contributed by atoms with van der Waals surface area (Å²) in [6, 6.07) is 0. The Hall–Kier alpha value is -1.36. The first kappa shape index (κ1) is 16.1. The van der Waals surface area contributed by atoms with Crippen LogP contribution in [0.2, 0.25) is 0 Å². The predicted molar refractivity (Wildman–Crippen MR) is 57.4 cm³/mol. The van der Waals surface area contributed by atoms with Crippen molar-refractivity contribution in [1.29, 1.82) is 0 Å². The van der Waals surface area contributed by atoms with Crippen molar-refractivity contribution in [3.8, 4) is 0 Å². The predicted octanol–water partition coefficient (Wildman–Crippen LogP) is 0.504. The second-order valence-corrected chi connectivity index (χ2v) is 2.41. The van der Waals surface area contributed by atoms with Gasteiger partial charge in [0.1, 0.15) is 0 Å². The minimum Gasteiger partial charge on any atom is -0.469 e. The van der Waals surface area contributed by atoms with E-state index in [-0.39, 0.29) is 5.97 Å². The third kappa shape index (κ3) is 15.4. The van der Waals surface area contributed by atoms with E-state index >= 15 is 0 Å². The molecular formula is C10H19NO4. The van der Waals surface area contributed by atoms with Crippen molar-refractivity contribution in [2.24, 2.45) is 0 Å². The Balaban J connectivity index is 0. The fourth-order valence-corrected chi connectivity index (χ4v) is 0.553. The molecule has 0 aliphatic carbocycles. The van der Waals surface area contributed by atoms with Gasteiger partial charge in [-0.2, -0.15) is 0 Å². The van der Waals surface area contributed by atoms with Crippen LogP contribution in [-0.4, -0.2) is 39.2 Å². The number of esters is 2. The van der Waals surface area contributed by atoms with E-state index in [2.05, 4.69) is 21.4 Å². The van der Waals surface area contributed by atoms with Gasteiger partial charge in [-0.15, -0.1) is 0 Å². The van der Waals surface area contributed by atoms with Crippen molar-refractivity contribution in [2.45, 2.75) is 13.3 Å². The summed E-state index contributed by atoms with van der Waals surface area (Å²) in [7, 11) is 2.71. The molecule has 0 aromatic carbocycles. The number of hydrogen-bond donors (Lipinski definition) is 1. The second-order valence-electron chi connectivity index (χ2n) is 2.41. The quantitative estimate of drug-likeness (QED) is 0.413. The van der Waals surface area contributed by atoms with E-state index in [9.17, 15) is 9.59 Å². The number of rotatable bonds is 5. The van der Waals surface area contributed by atoms with Gasteiger partial charge in [0, 0.05) is 12.6 Å². The van der Waals surface area contributed by atoms with Gasteiger partial charge in [-0.25, -0.2) is 4.79 Å². The second kappa shape index (κ2) is 12.6. The fraction of sp³-hybridized carbons (Fsp3) is 0.600. The summed E-state index contributed by atoms with van der Waals surface area (Å²) in [5.74, 6) is -0.550. The lowest BCUT2D eigenvalue weighted by atomic mass is 10.4. The number of carbonyl (C=O) groups is 2. The smallest absolute Gasteiger partial charge is 0.329 e. The van der Waals surface area contributed by atoms with Crippen molar-refractivity contribution < 1.29 is 19.1 Å². The third-order valence-electron chi connectivity index (χ3n) is 1.35. The van der Waals surface area contributed by atoms with Gasteiger partial charge in [-0.05, 0) is 6.54 Å². The highest BCUT2D eigenvalue weighted by molar-refractivity contribution is 5.80. The Kier molecular flexibility index (Phi) is 13.6. The van der Waals surface area contributed by atoms with E-state index in [0.29, 0.717) is 13.0 Å². The summed E-state index contributed by atoms with van der Waals surface area (Å²) < 4.78 is 8.56. The molecular weight excluding hydrogens is 198 g/mol. The van der Waals surface area contributed by atoms with Crippen LogP contribution in [0.4, 0.5) is 0 Å². The first-order valence-corrected chi connectivity index (χ1v) is 4.60. The molecule has 0 radical (unpaired) electrons. The Morgan fingerprint density at radius 2 is 1.93 bits per heavy atom. The van der Waals surface area contributed by atoms with Gasteiger partial charge in [0.05, 0.1) is 20.6 Å². The van der Waals surface area contributed by atoms with E-state index in [1.54, 1.807) is 0 Å². The largest absolute Gasteiger partial charge is 0.469 e. The maximum atomic E-state index is 10.4. The average molecular weight is 217 g/mol. The van der Waals surface area contributed by atoms with E-state index < -0.39 is 5.97 Å². The van der Waals surface area contributed by atoms with E-state index in [4.69, 9.17) is 0 Å². The van der Waals surface area contributed by atoms with Crippen LogP contribution in [0, 0.1) is 0 Å². The molecule has 0 bridgehead atoms. The van der Waals surface area contributed by atoms with Gasteiger partial charge < -0.3 is 14.8 Å². The molecule has 0 aliphatic rings. The van der Waals surface area contributed by atoms with Gasteiger partial charge in [0.15, 0.2) is 0 Å². The Labute approximate surface area is 90.4 Å². The number of ether oxygens (including phenoxy) is 2. The summed E-state index contributed by atoms with van der Waals surface area (Å²) in [5.41, 5.74) is 0. The minimum absolute atomic E-state index is 0.157. The molecule has 0 saturated heterocycles. The number of nitrogens with one attached hydrogen (secondary N) is 1. The maximum Gasteiger partial charge on any atom is 0.329 e. The SMILES string of the molecule is C=CC(=O)OC.CCNCCC(=O)OC. The highest BCUT2D eigenvalue weighted by Crippen LogP contribution is 1.79. The lowest BCUT2D eigenvalue weighted by Crippen LogP contribution is -2.17. The average Bonchev–Trinajstić information content (AvgIpc) is 2.28. The van der Waals surface area contributed by atoms with Crippen LogP contribution in [0.5, 0.6) is 0 Å². The Morgan fingerprint density at radius 3 is 2.20 bits per heavy atom. The van der Waals surface area contributed by atoms with Crippen LogP contribution in [0.3, 0.4) is 0 Å². The molecule has 0 aromatic rings. The van der Waals surface area contributed by atoms with Crippen LogP contribution in [0.1, 0.15) is 13.3 Å². The maximum absolute atomic E-state index is 10.4. The summed E-state index contributed by atoms with van der Waals surface area (Å²) in [6.07, 6.45) is 1.57. The first-order valence-electron chi connectivity index (χ1n) is 4.60. The van der Waals surface area contributed by atoms with Crippen LogP contribution in [0.25, 0.3) is 0 Å². The van der Waals surface area contributed by atoms with Crippen LogP contribution in [-0.2, 0) is 19.1 Å². The van der Waals surface area contributed by atoms with Gasteiger partial charge >= 0.3 is 11.9 Å². The zero-order valence-electron chi connectivity index (χ0n) is 9.54. The van der Waals surface area contributed by atoms with Crippen LogP contribution in [0.15, 0.2) is 12.7 Å². The van der Waals surface area contributed by atoms with Crippen LogP contribution < -0.4 is 5.32 Å². The molecule has 0 rings (SSSR count). The standard InChI is InChI=1S/C6H13NO2.C4H6O2/c1-3-7-5-4-6(8)9-2;1-3-4(5)6-2/h7H,3-5H2,1-2H3;3H,1H2,2H3. The van der Waals surface area contributed by atoms with Crippen molar-refractivity contribution in [2.75, 3.05) is 27.3 Å². The number of methoxy groups -OCH3 is 2. The molecule has 15 heavy (non-hydrogen) atoms. The molecule has 88 valence electrons. The van der Waals surface area contributed by atoms with Gasteiger partial charge in [-0.3, -0.25) is 4.79 Å². The summed E-state index contributed by atoms with van der Waals surface area (Å²) in [5, 5.41) is 3.01. The molecule has 5 heteroatoms. The van der Waals surface area contributed by atoms with Crippen molar-refractivity contribution in [3.63, 3.8) is 0 Å². The fourth-order valence-electron chi connectivity index (χ4n) is 0.553. The molecule has 0 atom stereocenters. The molecule has 0 unspecified atom stereocenters.